The summed E-state index contributed by atoms with van der Waals surface area (Å²) in [6.07, 6.45) is -2.22. The van der Waals surface area contributed by atoms with Crippen LogP contribution in [0, 0.1) is 0 Å². The molecule has 1 unspecified atom stereocenters. The number of aliphatic hydroxyl groups is 1. The van der Waals surface area contributed by atoms with E-state index < -0.39 is 18.4 Å². The van der Waals surface area contributed by atoms with Crippen LogP contribution in [0.25, 0.3) is 0 Å². The van der Waals surface area contributed by atoms with Gasteiger partial charge in [-0.15, -0.1) is 0 Å². The zero-order valence-corrected chi connectivity index (χ0v) is 11.9. The van der Waals surface area contributed by atoms with E-state index >= 15 is 0 Å². The zero-order valence-electron chi connectivity index (χ0n) is 11.9. The van der Waals surface area contributed by atoms with Gasteiger partial charge in [0.25, 0.3) is 0 Å². The summed E-state index contributed by atoms with van der Waals surface area (Å²) in [5.74, 6) is -0.345. The SMILES string of the molecule is O=C1CCN(c2ccc(N3C[C@H](CO)OC3=O)cc2)CC1F. The van der Waals surface area contributed by atoms with Crippen molar-refractivity contribution in [2.75, 3.05) is 36.0 Å². The molecule has 2 fully saturated rings. The first-order valence-electron chi connectivity index (χ1n) is 7.19. The summed E-state index contributed by atoms with van der Waals surface area (Å²) in [5, 5.41) is 9.04. The number of halogens is 1. The van der Waals surface area contributed by atoms with Crippen molar-refractivity contribution in [1.29, 1.82) is 0 Å². The first-order chi connectivity index (χ1) is 10.6. The average Bonchev–Trinajstić information content (AvgIpc) is 2.91. The minimum atomic E-state index is -1.44. The van der Waals surface area contributed by atoms with E-state index in [0.29, 0.717) is 18.8 Å². The number of cyclic esters (lactones) is 1. The van der Waals surface area contributed by atoms with Crippen LogP contribution >= 0.6 is 0 Å². The molecule has 2 heterocycles. The summed E-state index contributed by atoms with van der Waals surface area (Å²) in [6.45, 7) is 0.660. The van der Waals surface area contributed by atoms with E-state index in [0.717, 1.165) is 5.69 Å². The summed E-state index contributed by atoms with van der Waals surface area (Å²) in [4.78, 5) is 26.2. The van der Waals surface area contributed by atoms with Crippen LogP contribution in [-0.2, 0) is 9.53 Å². The maximum absolute atomic E-state index is 13.5. The minimum Gasteiger partial charge on any atom is -0.441 e. The molecule has 0 spiro atoms. The summed E-state index contributed by atoms with van der Waals surface area (Å²) in [6, 6.07) is 7.08. The molecular weight excluding hydrogens is 291 g/mol. The maximum atomic E-state index is 13.5. The van der Waals surface area contributed by atoms with Crippen molar-refractivity contribution in [2.45, 2.75) is 18.7 Å². The Balaban J connectivity index is 1.71. The number of hydrogen-bond donors (Lipinski definition) is 1. The van der Waals surface area contributed by atoms with E-state index in [9.17, 15) is 14.0 Å². The molecule has 1 N–H and O–H groups in total. The fourth-order valence-corrected chi connectivity index (χ4v) is 2.69. The van der Waals surface area contributed by atoms with E-state index in [4.69, 9.17) is 9.84 Å². The molecule has 7 heteroatoms. The zero-order chi connectivity index (χ0) is 15.7. The molecule has 0 aromatic heterocycles. The first kappa shape index (κ1) is 14.8. The van der Waals surface area contributed by atoms with Gasteiger partial charge in [0, 0.05) is 24.3 Å². The summed E-state index contributed by atoms with van der Waals surface area (Å²) in [7, 11) is 0. The van der Waals surface area contributed by atoms with Crippen molar-refractivity contribution in [3.8, 4) is 0 Å². The summed E-state index contributed by atoms with van der Waals surface area (Å²) in [5.41, 5.74) is 1.47. The molecule has 1 amide bonds. The second kappa shape index (κ2) is 5.92. The molecule has 22 heavy (non-hydrogen) atoms. The van der Waals surface area contributed by atoms with E-state index in [1.807, 2.05) is 4.90 Å². The Kier molecular flexibility index (Phi) is 3.98. The van der Waals surface area contributed by atoms with Crippen LogP contribution in [-0.4, -0.2) is 55.5 Å². The Bertz CT molecular complexity index is 577. The third-order valence-corrected chi connectivity index (χ3v) is 3.96. The van der Waals surface area contributed by atoms with Gasteiger partial charge < -0.3 is 14.7 Å². The lowest BCUT2D eigenvalue weighted by Crippen LogP contribution is -2.42. The Labute approximate surface area is 127 Å². The normalized spacial score (nSPS) is 25.5. The van der Waals surface area contributed by atoms with Gasteiger partial charge in [0.2, 0.25) is 0 Å². The van der Waals surface area contributed by atoms with Gasteiger partial charge in [-0.25, -0.2) is 9.18 Å². The van der Waals surface area contributed by atoms with E-state index in [1.54, 1.807) is 24.3 Å². The quantitative estimate of drug-likeness (QED) is 0.906. The Morgan fingerprint density at radius 1 is 1.18 bits per heavy atom. The van der Waals surface area contributed by atoms with Gasteiger partial charge in [-0.05, 0) is 24.3 Å². The van der Waals surface area contributed by atoms with Gasteiger partial charge in [0.15, 0.2) is 12.0 Å². The van der Waals surface area contributed by atoms with Crippen LogP contribution in [0.3, 0.4) is 0 Å². The number of anilines is 2. The van der Waals surface area contributed by atoms with Crippen LogP contribution in [0.2, 0.25) is 0 Å². The minimum absolute atomic E-state index is 0.0660. The number of nitrogens with zero attached hydrogens (tertiary/aromatic N) is 2. The fourth-order valence-electron chi connectivity index (χ4n) is 2.69. The van der Waals surface area contributed by atoms with Crippen molar-refractivity contribution < 1.29 is 23.8 Å². The molecule has 2 aliphatic heterocycles. The van der Waals surface area contributed by atoms with Gasteiger partial charge >= 0.3 is 6.09 Å². The smallest absolute Gasteiger partial charge is 0.414 e. The average molecular weight is 308 g/mol. The number of rotatable bonds is 3. The molecule has 1 aromatic rings. The molecule has 2 atom stereocenters. The Morgan fingerprint density at radius 2 is 1.86 bits per heavy atom. The molecule has 6 nitrogen and oxygen atoms in total. The van der Waals surface area contributed by atoms with E-state index in [2.05, 4.69) is 0 Å². The van der Waals surface area contributed by atoms with Crippen molar-refractivity contribution >= 4 is 23.3 Å². The van der Waals surface area contributed by atoms with Crippen molar-refractivity contribution in [2.24, 2.45) is 0 Å². The number of alkyl halides is 1. The molecule has 118 valence electrons. The molecular formula is C15H17FN2O4. The highest BCUT2D eigenvalue weighted by molar-refractivity contribution is 5.90. The number of hydrogen-bond acceptors (Lipinski definition) is 5. The lowest BCUT2D eigenvalue weighted by molar-refractivity contribution is -0.124. The molecule has 0 aliphatic carbocycles. The number of benzene rings is 1. The van der Waals surface area contributed by atoms with Crippen molar-refractivity contribution in [3.63, 3.8) is 0 Å². The predicted molar refractivity (Wildman–Crippen MR) is 77.9 cm³/mol. The van der Waals surface area contributed by atoms with Crippen molar-refractivity contribution in [1.82, 2.24) is 0 Å². The highest BCUT2D eigenvalue weighted by Crippen LogP contribution is 2.26. The van der Waals surface area contributed by atoms with Crippen LogP contribution in [0.5, 0.6) is 0 Å². The summed E-state index contributed by atoms with van der Waals surface area (Å²) < 4.78 is 18.5. The Morgan fingerprint density at radius 3 is 2.45 bits per heavy atom. The fraction of sp³-hybridized carbons (Fsp3) is 0.467. The largest absolute Gasteiger partial charge is 0.441 e. The number of amides is 1. The molecule has 2 saturated heterocycles. The topological polar surface area (TPSA) is 70.1 Å². The number of carbonyl (C=O) groups is 2. The van der Waals surface area contributed by atoms with Crippen LogP contribution in [0.4, 0.5) is 20.6 Å². The molecule has 1 aromatic carbocycles. The predicted octanol–water partition coefficient (Wildman–Crippen LogP) is 1.12. The van der Waals surface area contributed by atoms with Crippen LogP contribution in [0.15, 0.2) is 24.3 Å². The number of Topliss-reactive ketones (excluding diaryl/α,β-unsaturated/α-hetero) is 1. The van der Waals surface area contributed by atoms with Gasteiger partial charge in [-0.1, -0.05) is 0 Å². The van der Waals surface area contributed by atoms with Crippen LogP contribution < -0.4 is 9.80 Å². The van der Waals surface area contributed by atoms with Crippen LogP contribution in [0.1, 0.15) is 6.42 Å². The lowest BCUT2D eigenvalue weighted by atomic mass is 10.1. The number of aliphatic hydroxyl groups excluding tert-OH is 1. The van der Waals surface area contributed by atoms with Gasteiger partial charge in [0.05, 0.1) is 19.7 Å². The van der Waals surface area contributed by atoms with E-state index in [-0.39, 0.29) is 25.4 Å². The maximum Gasteiger partial charge on any atom is 0.414 e. The molecule has 0 radical (unpaired) electrons. The number of piperidine rings is 1. The standard InChI is InChI=1S/C15H17FN2O4/c16-13-8-17(6-5-14(13)20)10-1-3-11(4-2-10)18-7-12(9-19)22-15(18)21/h1-4,12-13,19H,5-9H2/t12-,13?/m1/s1. The monoisotopic (exact) mass is 308 g/mol. The lowest BCUT2D eigenvalue weighted by Gasteiger charge is -2.30. The first-order valence-corrected chi connectivity index (χ1v) is 7.19. The molecule has 3 rings (SSSR count). The molecule has 2 aliphatic rings. The number of ether oxygens (including phenoxy) is 1. The highest BCUT2D eigenvalue weighted by Gasteiger charge is 2.32. The van der Waals surface area contributed by atoms with Gasteiger partial charge in [0.1, 0.15) is 6.10 Å². The van der Waals surface area contributed by atoms with E-state index in [1.165, 1.54) is 4.90 Å². The third kappa shape index (κ3) is 2.76. The third-order valence-electron chi connectivity index (χ3n) is 3.96. The highest BCUT2D eigenvalue weighted by atomic mass is 19.1. The number of carbonyl (C=O) groups excluding carboxylic acids is 2. The summed E-state index contributed by atoms with van der Waals surface area (Å²) >= 11 is 0. The second-order valence-electron chi connectivity index (χ2n) is 5.45. The molecule has 0 bridgehead atoms. The van der Waals surface area contributed by atoms with Crippen molar-refractivity contribution in [3.05, 3.63) is 24.3 Å². The number of ketones is 1. The van der Waals surface area contributed by atoms with Gasteiger partial charge in [-0.3, -0.25) is 9.69 Å². The molecule has 0 saturated carbocycles. The Hall–Kier alpha value is -2.15. The van der Waals surface area contributed by atoms with Gasteiger partial charge in [-0.2, -0.15) is 0 Å². The second-order valence-corrected chi connectivity index (χ2v) is 5.45.